The molecular weight excluding hydrogens is 317 g/mol. The highest BCUT2D eigenvalue weighted by Crippen LogP contribution is 2.22. The molecule has 130 valence electrons. The highest BCUT2D eigenvalue weighted by molar-refractivity contribution is 5.76. The first-order valence-electron chi connectivity index (χ1n) is 8.34. The van der Waals surface area contributed by atoms with Gasteiger partial charge in [-0.2, -0.15) is 0 Å². The lowest BCUT2D eigenvalue weighted by Crippen LogP contribution is -2.51. The SMILES string of the molecule is Cc1ccc(F)cc1-c1ccc2c(c1)=CNC(NC(=O)NC(C)C)C=2. The van der Waals surface area contributed by atoms with Gasteiger partial charge in [0.25, 0.3) is 0 Å². The number of fused-ring (bicyclic) bond motifs is 1. The van der Waals surface area contributed by atoms with Gasteiger partial charge in [-0.3, -0.25) is 0 Å². The van der Waals surface area contributed by atoms with Crippen molar-refractivity contribution in [1.29, 1.82) is 0 Å². The number of nitrogens with one attached hydrogen (secondary N) is 3. The molecule has 2 aromatic rings. The molecule has 0 fully saturated rings. The second-order valence-corrected chi connectivity index (χ2v) is 6.53. The van der Waals surface area contributed by atoms with Gasteiger partial charge in [-0.1, -0.05) is 18.2 Å². The fourth-order valence-corrected chi connectivity index (χ4v) is 2.86. The normalized spacial score (nSPS) is 15.5. The average molecular weight is 339 g/mol. The highest BCUT2D eigenvalue weighted by Gasteiger charge is 2.11. The van der Waals surface area contributed by atoms with Crippen LogP contribution >= 0.6 is 0 Å². The van der Waals surface area contributed by atoms with Crippen molar-refractivity contribution in [3.63, 3.8) is 0 Å². The molecule has 0 aliphatic carbocycles. The summed E-state index contributed by atoms with van der Waals surface area (Å²) < 4.78 is 13.6. The molecule has 1 heterocycles. The quantitative estimate of drug-likeness (QED) is 0.801. The predicted octanol–water partition coefficient (Wildman–Crippen LogP) is 1.96. The molecule has 25 heavy (non-hydrogen) atoms. The standard InChI is InChI=1S/C20H22FN3O/c1-12(2)23-20(25)24-19-9-14-5-6-15(8-16(14)11-22-19)18-10-17(21)7-4-13(18)3/h4-12,19,22H,1-3H3,(H2,23,24,25). The van der Waals surface area contributed by atoms with Crippen LogP contribution in [0.5, 0.6) is 0 Å². The molecule has 1 aliphatic heterocycles. The summed E-state index contributed by atoms with van der Waals surface area (Å²) in [7, 11) is 0. The van der Waals surface area contributed by atoms with E-state index in [-0.39, 0.29) is 24.1 Å². The van der Waals surface area contributed by atoms with E-state index in [0.717, 1.165) is 27.1 Å². The molecule has 1 atom stereocenters. The second-order valence-electron chi connectivity index (χ2n) is 6.53. The van der Waals surface area contributed by atoms with E-state index >= 15 is 0 Å². The number of rotatable bonds is 3. The first-order chi connectivity index (χ1) is 11.9. The molecule has 5 heteroatoms. The van der Waals surface area contributed by atoms with E-state index < -0.39 is 0 Å². The maximum Gasteiger partial charge on any atom is 0.316 e. The zero-order valence-corrected chi connectivity index (χ0v) is 14.6. The maximum absolute atomic E-state index is 13.6. The number of halogens is 1. The van der Waals surface area contributed by atoms with Gasteiger partial charge in [0.15, 0.2) is 0 Å². The van der Waals surface area contributed by atoms with Crippen molar-refractivity contribution in [2.24, 2.45) is 0 Å². The van der Waals surface area contributed by atoms with Crippen LogP contribution in [-0.2, 0) is 0 Å². The van der Waals surface area contributed by atoms with Crippen molar-refractivity contribution < 1.29 is 9.18 Å². The topological polar surface area (TPSA) is 53.2 Å². The van der Waals surface area contributed by atoms with Crippen molar-refractivity contribution in [3.8, 4) is 11.1 Å². The number of aryl methyl sites for hydroxylation is 1. The summed E-state index contributed by atoms with van der Waals surface area (Å²) in [6, 6.07) is 10.7. The van der Waals surface area contributed by atoms with Crippen LogP contribution in [0.4, 0.5) is 9.18 Å². The summed E-state index contributed by atoms with van der Waals surface area (Å²) in [5.41, 5.74) is 2.87. The first kappa shape index (κ1) is 17.0. The van der Waals surface area contributed by atoms with E-state index in [0.29, 0.717) is 0 Å². The molecule has 0 saturated heterocycles. The molecule has 4 nitrogen and oxygen atoms in total. The third kappa shape index (κ3) is 3.99. The van der Waals surface area contributed by atoms with Gasteiger partial charge in [-0.15, -0.1) is 0 Å². The Morgan fingerprint density at radius 3 is 2.72 bits per heavy atom. The number of carbonyl (C=O) groups excluding carboxylic acids is 1. The molecule has 0 aromatic heterocycles. The van der Waals surface area contributed by atoms with Gasteiger partial charge in [0.2, 0.25) is 0 Å². The molecule has 0 spiro atoms. The fourth-order valence-electron chi connectivity index (χ4n) is 2.86. The van der Waals surface area contributed by atoms with Gasteiger partial charge in [0, 0.05) is 12.2 Å². The molecule has 0 radical (unpaired) electrons. The van der Waals surface area contributed by atoms with Crippen LogP contribution in [0.2, 0.25) is 0 Å². The Balaban J connectivity index is 1.87. The number of hydrogen-bond donors (Lipinski definition) is 3. The van der Waals surface area contributed by atoms with Crippen molar-refractivity contribution >= 4 is 18.3 Å². The summed E-state index contributed by atoms with van der Waals surface area (Å²) in [6.07, 6.45) is 3.55. The molecule has 0 saturated carbocycles. The highest BCUT2D eigenvalue weighted by atomic mass is 19.1. The van der Waals surface area contributed by atoms with E-state index in [2.05, 4.69) is 16.0 Å². The molecule has 1 aliphatic rings. The summed E-state index contributed by atoms with van der Waals surface area (Å²) in [5.74, 6) is -0.243. The molecule has 3 rings (SSSR count). The van der Waals surface area contributed by atoms with Crippen LogP contribution in [0.1, 0.15) is 19.4 Å². The van der Waals surface area contributed by atoms with E-state index in [1.54, 1.807) is 12.1 Å². The summed E-state index contributed by atoms with van der Waals surface area (Å²) in [4.78, 5) is 11.8. The van der Waals surface area contributed by atoms with Crippen LogP contribution in [0.25, 0.3) is 23.4 Å². The average Bonchev–Trinajstić information content (AvgIpc) is 2.56. The van der Waals surface area contributed by atoms with Gasteiger partial charge >= 0.3 is 6.03 Å². The fraction of sp³-hybridized carbons (Fsp3) is 0.250. The third-order valence-corrected chi connectivity index (χ3v) is 4.07. The lowest BCUT2D eigenvalue weighted by Gasteiger charge is -2.20. The van der Waals surface area contributed by atoms with Gasteiger partial charge in [-0.05, 0) is 72.2 Å². The van der Waals surface area contributed by atoms with Gasteiger partial charge in [-0.25, -0.2) is 9.18 Å². The minimum absolute atomic E-state index is 0.0805. The summed E-state index contributed by atoms with van der Waals surface area (Å²) in [6.45, 7) is 5.79. The molecule has 2 amide bonds. The number of amides is 2. The van der Waals surface area contributed by atoms with Crippen LogP contribution < -0.4 is 26.4 Å². The summed E-state index contributed by atoms with van der Waals surface area (Å²) in [5, 5.41) is 10.8. The lowest BCUT2D eigenvalue weighted by molar-refractivity contribution is 0.236. The minimum atomic E-state index is -0.270. The summed E-state index contributed by atoms with van der Waals surface area (Å²) >= 11 is 0. The van der Waals surface area contributed by atoms with E-state index in [1.807, 2.05) is 51.2 Å². The van der Waals surface area contributed by atoms with Crippen LogP contribution in [0.3, 0.4) is 0 Å². The Morgan fingerprint density at radius 2 is 1.96 bits per heavy atom. The van der Waals surface area contributed by atoms with Crippen molar-refractivity contribution in [2.75, 3.05) is 0 Å². The predicted molar refractivity (Wildman–Crippen MR) is 98.5 cm³/mol. The van der Waals surface area contributed by atoms with Gasteiger partial charge < -0.3 is 16.0 Å². The zero-order valence-electron chi connectivity index (χ0n) is 14.6. The Morgan fingerprint density at radius 1 is 1.16 bits per heavy atom. The smallest absolute Gasteiger partial charge is 0.316 e. The van der Waals surface area contributed by atoms with Gasteiger partial charge in [0.1, 0.15) is 12.0 Å². The third-order valence-electron chi connectivity index (χ3n) is 4.07. The Bertz CT molecular complexity index is 921. The number of carbonyl (C=O) groups is 1. The van der Waals surface area contributed by atoms with Crippen LogP contribution in [-0.4, -0.2) is 18.2 Å². The maximum atomic E-state index is 13.6. The molecular formula is C20H22FN3O. The van der Waals surface area contributed by atoms with E-state index in [4.69, 9.17) is 0 Å². The van der Waals surface area contributed by atoms with E-state index in [9.17, 15) is 9.18 Å². The number of hydrogen-bond acceptors (Lipinski definition) is 2. The van der Waals surface area contributed by atoms with Crippen molar-refractivity contribution in [2.45, 2.75) is 33.0 Å². The second kappa shape index (κ2) is 6.97. The monoisotopic (exact) mass is 339 g/mol. The van der Waals surface area contributed by atoms with E-state index in [1.165, 1.54) is 6.07 Å². The van der Waals surface area contributed by atoms with Crippen LogP contribution in [0, 0.1) is 12.7 Å². The molecule has 3 N–H and O–H groups in total. The lowest BCUT2D eigenvalue weighted by atomic mass is 9.99. The van der Waals surface area contributed by atoms with Gasteiger partial charge in [0.05, 0.1) is 0 Å². The zero-order chi connectivity index (χ0) is 18.0. The first-order valence-corrected chi connectivity index (χ1v) is 8.34. The largest absolute Gasteiger partial charge is 0.367 e. The Hall–Kier alpha value is -2.82. The molecule has 1 unspecified atom stereocenters. The minimum Gasteiger partial charge on any atom is -0.367 e. The van der Waals surface area contributed by atoms with Crippen LogP contribution in [0.15, 0.2) is 36.4 Å². The molecule has 2 aromatic carbocycles. The van der Waals surface area contributed by atoms with Crippen molar-refractivity contribution in [1.82, 2.24) is 16.0 Å². The Labute approximate surface area is 146 Å². The van der Waals surface area contributed by atoms with Crippen molar-refractivity contribution in [3.05, 3.63) is 58.2 Å². The number of benzene rings is 2. The molecule has 0 bridgehead atoms. The Kier molecular flexibility index (Phi) is 4.74. The number of urea groups is 1.